The maximum absolute atomic E-state index is 13.2. The summed E-state index contributed by atoms with van der Waals surface area (Å²) in [6.07, 6.45) is 0. The number of piperazine rings is 1. The molecule has 2 aromatic carbocycles. The standard InChI is InChI=1S/C23H22Cl2N4O4S/c24-15-1-3-17-20(13-15)34-22(21(17)25)23(30)28-7-5-26(6-8-28)16-2-4-18(29(31)32)19(14-16)27-9-11-33-12-10-27/h1-4,13-14H,5-12H2. The lowest BCUT2D eigenvalue weighted by Crippen LogP contribution is -2.48. The molecule has 2 aliphatic rings. The van der Waals surface area contributed by atoms with Crippen LogP contribution in [0.5, 0.6) is 0 Å². The highest BCUT2D eigenvalue weighted by molar-refractivity contribution is 7.21. The predicted molar refractivity (Wildman–Crippen MR) is 136 cm³/mol. The SMILES string of the molecule is O=C(c1sc2cc(Cl)ccc2c1Cl)N1CCN(c2ccc([N+](=O)[O-])c(N3CCOCC3)c2)CC1. The third-order valence-corrected chi connectivity index (χ3v) is 8.11. The second-order valence-electron chi connectivity index (χ2n) is 8.19. The van der Waals surface area contributed by atoms with Crippen molar-refractivity contribution in [1.29, 1.82) is 0 Å². The van der Waals surface area contributed by atoms with Crippen LogP contribution in [0, 0.1) is 10.1 Å². The Morgan fingerprint density at radius 1 is 0.971 bits per heavy atom. The Labute approximate surface area is 210 Å². The lowest BCUT2D eigenvalue weighted by Gasteiger charge is -2.36. The summed E-state index contributed by atoms with van der Waals surface area (Å²) in [7, 11) is 0. The van der Waals surface area contributed by atoms with Crippen LogP contribution in [0.3, 0.4) is 0 Å². The molecular formula is C23H22Cl2N4O4S. The van der Waals surface area contributed by atoms with Crippen molar-refractivity contribution in [3.8, 4) is 0 Å². The third-order valence-electron chi connectivity index (χ3n) is 6.23. The van der Waals surface area contributed by atoms with Crippen LogP contribution in [0.1, 0.15) is 9.67 Å². The van der Waals surface area contributed by atoms with Gasteiger partial charge < -0.3 is 19.4 Å². The highest BCUT2D eigenvalue weighted by Crippen LogP contribution is 2.38. The van der Waals surface area contributed by atoms with E-state index in [0.717, 1.165) is 15.8 Å². The Kier molecular flexibility index (Phi) is 6.52. The van der Waals surface area contributed by atoms with Gasteiger partial charge in [0.15, 0.2) is 0 Å². The van der Waals surface area contributed by atoms with Crippen molar-refractivity contribution in [2.24, 2.45) is 0 Å². The summed E-state index contributed by atoms with van der Waals surface area (Å²) in [4.78, 5) is 30.9. The second-order valence-corrected chi connectivity index (χ2v) is 10.1. The van der Waals surface area contributed by atoms with Gasteiger partial charge in [-0.2, -0.15) is 0 Å². The Morgan fingerprint density at radius 2 is 1.71 bits per heavy atom. The van der Waals surface area contributed by atoms with Gasteiger partial charge in [-0.1, -0.05) is 29.3 Å². The van der Waals surface area contributed by atoms with Crippen molar-refractivity contribution in [3.05, 3.63) is 61.4 Å². The molecule has 2 saturated heterocycles. The van der Waals surface area contributed by atoms with Gasteiger partial charge in [0.2, 0.25) is 0 Å². The summed E-state index contributed by atoms with van der Waals surface area (Å²) in [5.41, 5.74) is 1.62. The van der Waals surface area contributed by atoms with Gasteiger partial charge >= 0.3 is 0 Å². The number of carbonyl (C=O) groups excluding carboxylic acids is 1. The zero-order valence-electron chi connectivity index (χ0n) is 18.2. The van der Waals surface area contributed by atoms with Crippen molar-refractivity contribution < 1.29 is 14.5 Å². The predicted octanol–water partition coefficient (Wildman–Crippen LogP) is 4.92. The van der Waals surface area contributed by atoms with Crippen LogP contribution in [0.25, 0.3) is 10.1 Å². The number of fused-ring (bicyclic) bond motifs is 1. The Bertz CT molecular complexity index is 1250. The number of nitrogens with zero attached hydrogens (tertiary/aromatic N) is 4. The number of benzene rings is 2. The molecule has 0 unspecified atom stereocenters. The normalized spacial score (nSPS) is 16.8. The summed E-state index contributed by atoms with van der Waals surface area (Å²) < 4.78 is 6.29. The fourth-order valence-corrected chi connectivity index (χ4v) is 6.16. The molecule has 1 aromatic heterocycles. The average molecular weight is 521 g/mol. The highest BCUT2D eigenvalue weighted by atomic mass is 35.5. The molecule has 2 aliphatic heterocycles. The fourth-order valence-electron chi connectivity index (χ4n) is 4.41. The minimum atomic E-state index is -0.340. The molecule has 1 amide bonds. The highest BCUT2D eigenvalue weighted by Gasteiger charge is 2.28. The first-order valence-corrected chi connectivity index (χ1v) is 12.5. The molecule has 34 heavy (non-hydrogen) atoms. The molecule has 5 rings (SSSR count). The van der Waals surface area contributed by atoms with Crippen LogP contribution in [-0.2, 0) is 4.74 Å². The monoisotopic (exact) mass is 520 g/mol. The summed E-state index contributed by atoms with van der Waals surface area (Å²) in [6, 6.07) is 10.7. The van der Waals surface area contributed by atoms with Crippen LogP contribution in [0.2, 0.25) is 10.0 Å². The molecule has 2 fully saturated rings. The van der Waals surface area contributed by atoms with Crippen molar-refractivity contribution in [2.45, 2.75) is 0 Å². The van der Waals surface area contributed by atoms with Crippen LogP contribution >= 0.6 is 34.5 Å². The molecule has 0 N–H and O–H groups in total. The zero-order valence-corrected chi connectivity index (χ0v) is 20.5. The summed E-state index contributed by atoms with van der Waals surface area (Å²) in [5, 5.41) is 13.5. The van der Waals surface area contributed by atoms with Crippen LogP contribution < -0.4 is 9.80 Å². The van der Waals surface area contributed by atoms with Crippen molar-refractivity contribution >= 4 is 67.6 Å². The quantitative estimate of drug-likeness (QED) is 0.359. The fraction of sp³-hybridized carbons (Fsp3) is 0.348. The molecule has 0 atom stereocenters. The summed E-state index contributed by atoms with van der Waals surface area (Å²) >= 11 is 14.0. The van der Waals surface area contributed by atoms with Gasteiger partial charge in [-0.15, -0.1) is 11.3 Å². The largest absolute Gasteiger partial charge is 0.378 e. The van der Waals surface area contributed by atoms with Crippen molar-refractivity contribution in [1.82, 2.24) is 4.90 Å². The molecule has 0 aliphatic carbocycles. The third kappa shape index (κ3) is 4.40. The number of carbonyl (C=O) groups is 1. The van der Waals surface area contributed by atoms with Gasteiger partial charge in [0.1, 0.15) is 10.6 Å². The summed E-state index contributed by atoms with van der Waals surface area (Å²) in [6.45, 7) is 4.66. The molecule has 178 valence electrons. The van der Waals surface area contributed by atoms with Gasteiger partial charge in [-0.3, -0.25) is 14.9 Å². The van der Waals surface area contributed by atoms with Gasteiger partial charge in [0.05, 0.1) is 23.2 Å². The molecule has 11 heteroatoms. The number of amides is 1. The van der Waals surface area contributed by atoms with Gasteiger partial charge in [0.25, 0.3) is 11.6 Å². The molecule has 0 spiro atoms. The van der Waals surface area contributed by atoms with E-state index in [4.69, 9.17) is 27.9 Å². The van der Waals surface area contributed by atoms with Crippen LogP contribution in [-0.4, -0.2) is 68.2 Å². The number of nitro groups is 1. The number of hydrogen-bond donors (Lipinski definition) is 0. The lowest BCUT2D eigenvalue weighted by atomic mass is 10.1. The molecule has 0 radical (unpaired) electrons. The minimum Gasteiger partial charge on any atom is -0.378 e. The molecule has 3 aromatic rings. The van der Waals surface area contributed by atoms with E-state index in [1.54, 1.807) is 18.2 Å². The van der Waals surface area contributed by atoms with Crippen LogP contribution in [0.4, 0.5) is 17.1 Å². The Morgan fingerprint density at radius 3 is 2.41 bits per heavy atom. The summed E-state index contributed by atoms with van der Waals surface area (Å²) in [5.74, 6) is -0.0836. The Balaban J connectivity index is 1.32. The van der Waals surface area contributed by atoms with E-state index < -0.39 is 0 Å². The maximum atomic E-state index is 13.2. The van der Waals surface area contributed by atoms with Gasteiger partial charge in [0, 0.05) is 66.1 Å². The number of nitro benzene ring substituents is 1. The number of ether oxygens (including phenoxy) is 1. The van der Waals surface area contributed by atoms with E-state index in [0.29, 0.717) is 73.1 Å². The molecule has 3 heterocycles. The first-order valence-electron chi connectivity index (χ1n) is 11.0. The van der Waals surface area contributed by atoms with Gasteiger partial charge in [-0.05, 0) is 24.3 Å². The number of rotatable bonds is 4. The first kappa shape index (κ1) is 23.2. The molecular weight excluding hydrogens is 499 g/mol. The lowest BCUT2D eigenvalue weighted by molar-refractivity contribution is -0.384. The minimum absolute atomic E-state index is 0.0836. The zero-order chi connectivity index (χ0) is 23.8. The topological polar surface area (TPSA) is 79.2 Å². The van der Waals surface area contributed by atoms with E-state index >= 15 is 0 Å². The van der Waals surface area contributed by atoms with E-state index in [2.05, 4.69) is 4.90 Å². The second kappa shape index (κ2) is 9.58. The van der Waals surface area contributed by atoms with E-state index in [1.807, 2.05) is 28.0 Å². The van der Waals surface area contributed by atoms with E-state index in [-0.39, 0.29) is 16.5 Å². The van der Waals surface area contributed by atoms with Crippen molar-refractivity contribution in [3.63, 3.8) is 0 Å². The van der Waals surface area contributed by atoms with Gasteiger partial charge in [-0.25, -0.2) is 0 Å². The number of morpholine rings is 1. The van der Waals surface area contributed by atoms with E-state index in [9.17, 15) is 14.9 Å². The number of anilines is 2. The molecule has 0 saturated carbocycles. The average Bonchev–Trinajstić information content (AvgIpc) is 3.19. The number of halogens is 2. The number of thiophene rings is 1. The smallest absolute Gasteiger partial charge is 0.292 e. The van der Waals surface area contributed by atoms with Crippen molar-refractivity contribution in [2.75, 3.05) is 62.3 Å². The number of hydrogen-bond acceptors (Lipinski definition) is 7. The maximum Gasteiger partial charge on any atom is 0.292 e. The molecule has 8 nitrogen and oxygen atoms in total. The Hall–Kier alpha value is -2.59. The molecule has 0 bridgehead atoms. The van der Waals surface area contributed by atoms with Crippen LogP contribution in [0.15, 0.2) is 36.4 Å². The first-order chi connectivity index (χ1) is 16.4. The van der Waals surface area contributed by atoms with E-state index in [1.165, 1.54) is 11.3 Å².